The Labute approximate surface area is 154 Å². The number of anilines is 2. The summed E-state index contributed by atoms with van der Waals surface area (Å²) in [6.45, 7) is 3.59. The van der Waals surface area contributed by atoms with Gasteiger partial charge in [-0.05, 0) is 37.3 Å². The van der Waals surface area contributed by atoms with Gasteiger partial charge in [-0.2, -0.15) is 4.98 Å². The molecule has 0 bridgehead atoms. The number of carbonyl (C=O) groups excluding carboxylic acids is 1. The fourth-order valence-electron chi connectivity index (χ4n) is 2.52. The van der Waals surface area contributed by atoms with Gasteiger partial charge < -0.3 is 15.6 Å². The average Bonchev–Trinajstić information content (AvgIpc) is 2.61. The van der Waals surface area contributed by atoms with Crippen molar-refractivity contribution < 1.29 is 4.79 Å². The molecule has 3 rings (SSSR count). The van der Waals surface area contributed by atoms with Gasteiger partial charge in [0.25, 0.3) is 5.56 Å². The van der Waals surface area contributed by atoms with E-state index in [9.17, 15) is 9.59 Å². The highest BCUT2D eigenvalue weighted by Crippen LogP contribution is 2.21. The van der Waals surface area contributed by atoms with Crippen LogP contribution in [0.5, 0.6) is 0 Å². The molecular weight excluding hydrogens is 354 g/mol. The van der Waals surface area contributed by atoms with E-state index in [1.54, 1.807) is 37.3 Å². The molecule has 3 N–H and O–H groups in total. The molecule has 1 aromatic carbocycles. The van der Waals surface area contributed by atoms with E-state index in [4.69, 9.17) is 11.6 Å². The molecule has 0 aliphatic heterocycles. The second-order valence-electron chi connectivity index (χ2n) is 5.82. The van der Waals surface area contributed by atoms with Crippen molar-refractivity contribution in [3.63, 3.8) is 0 Å². The van der Waals surface area contributed by atoms with Gasteiger partial charge in [0, 0.05) is 34.1 Å². The number of amides is 1. The number of aromatic amines is 1. The predicted octanol–water partition coefficient (Wildman–Crippen LogP) is 3.49. The number of carbonyl (C=O) groups is 1. The molecule has 1 amide bonds. The number of halogens is 1. The van der Waals surface area contributed by atoms with Crippen LogP contribution in [-0.4, -0.2) is 20.9 Å². The zero-order chi connectivity index (χ0) is 18.7. The summed E-state index contributed by atoms with van der Waals surface area (Å²) in [6, 6.07) is 8.34. The van der Waals surface area contributed by atoms with Crippen molar-refractivity contribution in [3.8, 4) is 0 Å². The van der Waals surface area contributed by atoms with E-state index >= 15 is 0 Å². The number of benzene rings is 1. The van der Waals surface area contributed by atoms with E-state index in [-0.39, 0.29) is 17.5 Å². The predicted molar refractivity (Wildman–Crippen MR) is 103 cm³/mol. The number of hydrogen-bond acceptors (Lipinski definition) is 5. The lowest BCUT2D eigenvalue weighted by Crippen LogP contribution is -2.20. The first-order valence-electron chi connectivity index (χ1n) is 8.18. The lowest BCUT2D eigenvalue weighted by Gasteiger charge is -2.14. The molecule has 26 heavy (non-hydrogen) atoms. The molecule has 0 saturated heterocycles. The average molecular weight is 372 g/mol. The van der Waals surface area contributed by atoms with Gasteiger partial charge in [0.2, 0.25) is 11.9 Å². The van der Waals surface area contributed by atoms with Crippen LogP contribution in [0.4, 0.5) is 11.8 Å². The third-order valence-corrected chi connectivity index (χ3v) is 4.13. The molecule has 1 atom stereocenters. The summed E-state index contributed by atoms with van der Waals surface area (Å²) in [5.74, 6) is 0.586. The van der Waals surface area contributed by atoms with Gasteiger partial charge in [0.05, 0.1) is 6.04 Å². The third-order valence-electron chi connectivity index (χ3n) is 3.89. The van der Waals surface area contributed by atoms with Crippen molar-refractivity contribution in [2.45, 2.75) is 26.3 Å². The Balaban J connectivity index is 1.86. The topological polar surface area (TPSA) is 99.8 Å². The van der Waals surface area contributed by atoms with Crippen molar-refractivity contribution >= 4 is 40.2 Å². The first kappa shape index (κ1) is 17.9. The van der Waals surface area contributed by atoms with E-state index in [1.807, 2.05) is 6.92 Å². The zero-order valence-corrected chi connectivity index (χ0v) is 15.1. The minimum absolute atomic E-state index is 0.134. The van der Waals surface area contributed by atoms with Gasteiger partial charge in [-0.1, -0.05) is 18.5 Å². The van der Waals surface area contributed by atoms with Gasteiger partial charge in [0.15, 0.2) is 0 Å². The van der Waals surface area contributed by atoms with Crippen LogP contribution in [0.15, 0.2) is 41.3 Å². The third kappa shape index (κ3) is 4.00. The lowest BCUT2D eigenvalue weighted by molar-refractivity contribution is -0.115. The van der Waals surface area contributed by atoms with Crippen molar-refractivity contribution in [2.75, 3.05) is 10.6 Å². The Morgan fingerprint density at radius 1 is 1.31 bits per heavy atom. The number of fused-ring (bicyclic) bond motifs is 1. The van der Waals surface area contributed by atoms with Crippen LogP contribution in [0.25, 0.3) is 10.9 Å². The number of hydrogen-bond donors (Lipinski definition) is 3. The van der Waals surface area contributed by atoms with Crippen LogP contribution in [0.1, 0.15) is 31.9 Å². The molecule has 0 saturated carbocycles. The van der Waals surface area contributed by atoms with Crippen molar-refractivity contribution in [3.05, 3.63) is 57.5 Å². The minimum atomic E-state index is -0.348. The van der Waals surface area contributed by atoms with E-state index in [0.717, 1.165) is 10.9 Å². The lowest BCUT2D eigenvalue weighted by atomic mass is 10.1. The van der Waals surface area contributed by atoms with E-state index < -0.39 is 0 Å². The van der Waals surface area contributed by atoms with Crippen LogP contribution >= 0.6 is 11.6 Å². The molecule has 0 radical (unpaired) electrons. The van der Waals surface area contributed by atoms with E-state index in [1.165, 1.54) is 6.20 Å². The Morgan fingerprint density at radius 2 is 2.12 bits per heavy atom. The summed E-state index contributed by atoms with van der Waals surface area (Å²) in [6.07, 6.45) is 1.90. The van der Waals surface area contributed by atoms with Crippen molar-refractivity contribution in [2.24, 2.45) is 0 Å². The van der Waals surface area contributed by atoms with Crippen molar-refractivity contribution in [1.29, 1.82) is 0 Å². The normalized spacial score (nSPS) is 12.0. The minimum Gasteiger partial charge on any atom is -0.347 e. The number of aromatic nitrogens is 3. The molecule has 8 heteroatoms. The molecule has 0 fully saturated rings. The Hall–Kier alpha value is -2.93. The first-order chi connectivity index (χ1) is 12.5. The quantitative estimate of drug-likeness (QED) is 0.637. The number of pyridine rings is 1. The highest BCUT2D eigenvalue weighted by atomic mass is 35.5. The molecule has 0 unspecified atom stereocenters. The number of nitrogens with one attached hydrogen (secondary N) is 3. The summed E-state index contributed by atoms with van der Waals surface area (Å²) in [5.41, 5.74) is 1.05. The van der Waals surface area contributed by atoms with Gasteiger partial charge in [0.1, 0.15) is 5.82 Å². The maximum absolute atomic E-state index is 12.4. The summed E-state index contributed by atoms with van der Waals surface area (Å²) < 4.78 is 0. The fraction of sp³-hybridized carbons (Fsp3) is 0.222. The number of rotatable bonds is 5. The van der Waals surface area contributed by atoms with Crippen LogP contribution < -0.4 is 16.2 Å². The van der Waals surface area contributed by atoms with Gasteiger partial charge in [-0.15, -0.1) is 0 Å². The standard InChI is InChI=1S/C18H18ClN5O2/c1-3-16(25)23-15-6-7-20-18(24-15)21-10(2)13-9-11-8-12(19)4-5-14(11)22-17(13)26/h4-10H,3H2,1-2H3,(H,22,26)(H2,20,21,23,24,25)/t10-/m0/s1. The molecule has 7 nitrogen and oxygen atoms in total. The molecule has 0 spiro atoms. The monoisotopic (exact) mass is 371 g/mol. The maximum Gasteiger partial charge on any atom is 0.253 e. The Bertz CT molecular complexity index is 1020. The van der Waals surface area contributed by atoms with E-state index in [2.05, 4.69) is 25.6 Å². The summed E-state index contributed by atoms with van der Waals surface area (Å²) in [5, 5.41) is 7.19. The maximum atomic E-state index is 12.4. The number of nitrogens with zero attached hydrogens (tertiary/aromatic N) is 2. The van der Waals surface area contributed by atoms with Gasteiger partial charge >= 0.3 is 0 Å². The summed E-state index contributed by atoms with van der Waals surface area (Å²) in [4.78, 5) is 35.1. The van der Waals surface area contributed by atoms with Crippen LogP contribution in [0, 0.1) is 0 Å². The smallest absolute Gasteiger partial charge is 0.253 e. The van der Waals surface area contributed by atoms with Gasteiger partial charge in [-0.3, -0.25) is 9.59 Å². The Kier molecular flexibility index (Phi) is 5.18. The van der Waals surface area contributed by atoms with Crippen molar-refractivity contribution in [1.82, 2.24) is 15.0 Å². The molecule has 3 aromatic rings. The number of H-pyrrole nitrogens is 1. The molecule has 0 aliphatic rings. The summed E-state index contributed by atoms with van der Waals surface area (Å²) >= 11 is 6.03. The Morgan fingerprint density at radius 3 is 2.88 bits per heavy atom. The second-order valence-corrected chi connectivity index (χ2v) is 6.26. The fourth-order valence-corrected chi connectivity index (χ4v) is 2.70. The highest BCUT2D eigenvalue weighted by molar-refractivity contribution is 6.31. The molecule has 2 aromatic heterocycles. The first-order valence-corrected chi connectivity index (χ1v) is 8.56. The second kappa shape index (κ2) is 7.53. The van der Waals surface area contributed by atoms with Crippen LogP contribution in [-0.2, 0) is 4.79 Å². The largest absolute Gasteiger partial charge is 0.347 e. The van der Waals surface area contributed by atoms with E-state index in [0.29, 0.717) is 28.8 Å². The zero-order valence-electron chi connectivity index (χ0n) is 14.3. The SMILES string of the molecule is CCC(=O)Nc1ccnc(N[C@@H](C)c2cc3cc(Cl)ccc3[nH]c2=O)n1. The van der Waals surface area contributed by atoms with Crippen LogP contribution in [0.3, 0.4) is 0 Å². The molecule has 134 valence electrons. The summed E-state index contributed by atoms with van der Waals surface area (Å²) in [7, 11) is 0. The highest BCUT2D eigenvalue weighted by Gasteiger charge is 2.13. The molecular formula is C18H18ClN5O2. The van der Waals surface area contributed by atoms with Crippen LogP contribution in [0.2, 0.25) is 5.02 Å². The molecule has 0 aliphatic carbocycles. The van der Waals surface area contributed by atoms with Gasteiger partial charge in [-0.25, -0.2) is 4.98 Å². The molecule has 2 heterocycles.